The molecule has 31 heavy (non-hydrogen) atoms. The van der Waals surface area contributed by atoms with Crippen molar-refractivity contribution in [3.8, 4) is 5.75 Å². The predicted molar refractivity (Wildman–Crippen MR) is 122 cm³/mol. The molecule has 0 spiro atoms. The fraction of sp³-hybridized carbons (Fsp3) is 0.0833. The summed E-state index contributed by atoms with van der Waals surface area (Å²) in [5.41, 5.74) is 2.33. The van der Waals surface area contributed by atoms with Crippen LogP contribution in [0.4, 0.5) is 5.69 Å². The zero-order valence-electron chi connectivity index (χ0n) is 16.4. The molecule has 0 saturated carbocycles. The van der Waals surface area contributed by atoms with E-state index in [-0.39, 0.29) is 0 Å². The van der Waals surface area contributed by atoms with Gasteiger partial charge >= 0.3 is 5.97 Å². The highest BCUT2D eigenvalue weighted by Crippen LogP contribution is 2.17. The fourth-order valence-corrected chi connectivity index (χ4v) is 2.85. The Bertz CT molecular complexity index is 1060. The largest absolute Gasteiger partial charge is 0.489 e. The summed E-state index contributed by atoms with van der Waals surface area (Å²) in [4.78, 5) is 23.7. The molecule has 158 valence electrons. The van der Waals surface area contributed by atoms with E-state index >= 15 is 0 Å². The van der Waals surface area contributed by atoms with Crippen LogP contribution in [0.5, 0.6) is 5.75 Å². The highest BCUT2D eigenvalue weighted by molar-refractivity contribution is 6.31. The Hall–Kier alpha value is -3.28. The van der Waals surface area contributed by atoms with E-state index in [2.05, 4.69) is 5.32 Å². The molecule has 0 atom stereocenters. The van der Waals surface area contributed by atoms with Crippen molar-refractivity contribution in [2.24, 2.45) is 0 Å². The minimum absolute atomic E-state index is 0.396. The van der Waals surface area contributed by atoms with Crippen molar-refractivity contribution < 1.29 is 19.1 Å². The second-order valence-electron chi connectivity index (χ2n) is 6.48. The molecule has 0 heterocycles. The Morgan fingerprint density at radius 2 is 1.65 bits per heavy atom. The quantitative estimate of drug-likeness (QED) is 0.346. The number of hydrogen-bond donors (Lipinski definition) is 1. The molecule has 0 aliphatic heterocycles. The number of benzene rings is 3. The molecule has 0 unspecified atom stereocenters. The van der Waals surface area contributed by atoms with E-state index in [1.54, 1.807) is 42.5 Å². The average Bonchev–Trinajstić information content (AvgIpc) is 2.76. The van der Waals surface area contributed by atoms with Crippen LogP contribution in [0.2, 0.25) is 10.0 Å². The lowest BCUT2D eigenvalue weighted by Gasteiger charge is -2.07. The van der Waals surface area contributed by atoms with Crippen LogP contribution in [0.15, 0.2) is 78.9 Å². The maximum absolute atomic E-state index is 11.8. The Kier molecular flexibility index (Phi) is 8.10. The number of anilines is 1. The van der Waals surface area contributed by atoms with E-state index in [0.717, 1.165) is 11.1 Å². The summed E-state index contributed by atoms with van der Waals surface area (Å²) in [7, 11) is 0. The van der Waals surface area contributed by atoms with Gasteiger partial charge in [0.25, 0.3) is 5.91 Å². The van der Waals surface area contributed by atoms with Gasteiger partial charge in [-0.15, -0.1) is 0 Å². The molecule has 0 aliphatic carbocycles. The van der Waals surface area contributed by atoms with Crippen molar-refractivity contribution in [1.29, 1.82) is 0 Å². The summed E-state index contributed by atoms with van der Waals surface area (Å²) in [6.07, 6.45) is 2.86. The maximum atomic E-state index is 11.8. The zero-order chi connectivity index (χ0) is 22.1. The van der Waals surface area contributed by atoms with Crippen LogP contribution in [-0.4, -0.2) is 18.5 Å². The van der Waals surface area contributed by atoms with Crippen LogP contribution < -0.4 is 10.1 Å². The monoisotopic (exact) mass is 455 g/mol. The van der Waals surface area contributed by atoms with Gasteiger partial charge in [-0.2, -0.15) is 0 Å². The lowest BCUT2D eigenvalue weighted by atomic mass is 10.2. The molecule has 7 heteroatoms. The van der Waals surface area contributed by atoms with Gasteiger partial charge in [0.15, 0.2) is 6.61 Å². The molecule has 0 saturated heterocycles. The van der Waals surface area contributed by atoms with Gasteiger partial charge in [0.05, 0.1) is 0 Å². The van der Waals surface area contributed by atoms with Crippen LogP contribution in [0.1, 0.15) is 11.1 Å². The zero-order valence-corrected chi connectivity index (χ0v) is 17.9. The first kappa shape index (κ1) is 22.4. The molecule has 0 aliphatic rings. The molecule has 0 aromatic heterocycles. The summed E-state index contributed by atoms with van der Waals surface area (Å²) in [6.45, 7) is 0.0308. The number of esters is 1. The number of amides is 1. The van der Waals surface area contributed by atoms with Gasteiger partial charge < -0.3 is 14.8 Å². The van der Waals surface area contributed by atoms with Crippen molar-refractivity contribution in [1.82, 2.24) is 0 Å². The van der Waals surface area contributed by atoms with E-state index in [0.29, 0.717) is 28.1 Å². The highest BCUT2D eigenvalue weighted by atomic mass is 35.5. The van der Waals surface area contributed by atoms with Crippen molar-refractivity contribution in [2.75, 3.05) is 11.9 Å². The molecule has 1 amide bonds. The molecule has 3 rings (SSSR count). The third-order valence-corrected chi connectivity index (χ3v) is 4.55. The normalized spacial score (nSPS) is 10.6. The second-order valence-corrected chi connectivity index (χ2v) is 7.36. The summed E-state index contributed by atoms with van der Waals surface area (Å²) < 4.78 is 10.7. The maximum Gasteiger partial charge on any atom is 0.331 e. The molecule has 0 bridgehead atoms. The minimum atomic E-state index is -0.621. The number of halogens is 2. The average molecular weight is 456 g/mol. The molecule has 5 nitrogen and oxygen atoms in total. The highest BCUT2D eigenvalue weighted by Gasteiger charge is 2.06. The number of nitrogens with one attached hydrogen (secondary N) is 1. The van der Waals surface area contributed by atoms with Crippen molar-refractivity contribution in [2.45, 2.75) is 6.61 Å². The van der Waals surface area contributed by atoms with Gasteiger partial charge in [0.1, 0.15) is 12.4 Å². The Morgan fingerprint density at radius 1 is 0.903 bits per heavy atom. The lowest BCUT2D eigenvalue weighted by Crippen LogP contribution is -2.20. The topological polar surface area (TPSA) is 64.6 Å². The molecule has 3 aromatic rings. The second kappa shape index (κ2) is 11.2. The van der Waals surface area contributed by atoms with Gasteiger partial charge in [-0.05, 0) is 59.7 Å². The third-order valence-electron chi connectivity index (χ3n) is 4.06. The van der Waals surface area contributed by atoms with E-state index < -0.39 is 18.5 Å². The number of ether oxygens (including phenoxy) is 2. The van der Waals surface area contributed by atoms with Gasteiger partial charge in [-0.25, -0.2) is 4.79 Å². The van der Waals surface area contributed by atoms with Crippen molar-refractivity contribution in [3.63, 3.8) is 0 Å². The van der Waals surface area contributed by atoms with Gasteiger partial charge in [0, 0.05) is 21.8 Å². The number of carbonyl (C=O) groups is 2. The van der Waals surface area contributed by atoms with E-state index in [4.69, 9.17) is 32.7 Å². The summed E-state index contributed by atoms with van der Waals surface area (Å²) in [5.74, 6) is -0.372. The standard InChI is InChI=1S/C24H19Cl2NO4/c25-19-9-4-18(5-10-19)15-30-22-11-6-17(7-12-22)8-13-24(29)31-16-23(28)27-21-3-1-2-20(26)14-21/h1-14H,15-16H2,(H,27,28). The predicted octanol–water partition coefficient (Wildman–Crippen LogP) is 5.77. The molecule has 1 N–H and O–H groups in total. The third kappa shape index (κ3) is 7.81. The minimum Gasteiger partial charge on any atom is -0.489 e. The number of hydrogen-bond acceptors (Lipinski definition) is 4. The first-order valence-electron chi connectivity index (χ1n) is 9.35. The van der Waals surface area contributed by atoms with Crippen molar-refractivity contribution in [3.05, 3.63) is 100 Å². The van der Waals surface area contributed by atoms with E-state index in [9.17, 15) is 9.59 Å². The molecule has 0 fully saturated rings. The van der Waals surface area contributed by atoms with Crippen LogP contribution in [0, 0.1) is 0 Å². The molecular weight excluding hydrogens is 437 g/mol. The van der Waals surface area contributed by atoms with E-state index in [1.165, 1.54) is 6.08 Å². The fourth-order valence-electron chi connectivity index (χ4n) is 2.53. The smallest absolute Gasteiger partial charge is 0.331 e. The van der Waals surface area contributed by atoms with Crippen LogP contribution in [0.3, 0.4) is 0 Å². The van der Waals surface area contributed by atoms with Gasteiger partial charge in [-0.1, -0.05) is 53.5 Å². The summed E-state index contributed by atoms with van der Waals surface area (Å²) in [5, 5.41) is 3.78. The number of carbonyl (C=O) groups excluding carboxylic acids is 2. The van der Waals surface area contributed by atoms with Crippen LogP contribution in [0.25, 0.3) is 6.08 Å². The molecule has 0 radical (unpaired) electrons. The first-order valence-corrected chi connectivity index (χ1v) is 10.1. The SMILES string of the molecule is O=C(COC(=O)C=Cc1ccc(OCc2ccc(Cl)cc2)cc1)Nc1cccc(Cl)c1. The lowest BCUT2D eigenvalue weighted by molar-refractivity contribution is -0.142. The van der Waals surface area contributed by atoms with Crippen LogP contribution >= 0.6 is 23.2 Å². The summed E-state index contributed by atoms with van der Waals surface area (Å²) >= 11 is 11.7. The van der Waals surface area contributed by atoms with Gasteiger partial charge in [0.2, 0.25) is 0 Å². The van der Waals surface area contributed by atoms with Crippen molar-refractivity contribution >= 4 is 46.8 Å². The Balaban J connectivity index is 1.42. The van der Waals surface area contributed by atoms with E-state index in [1.807, 2.05) is 36.4 Å². The molecular formula is C24H19Cl2NO4. The summed E-state index contributed by atoms with van der Waals surface area (Å²) in [6, 6.07) is 21.4. The Morgan fingerprint density at radius 3 is 2.35 bits per heavy atom. The number of rotatable bonds is 8. The Labute approximate surface area is 190 Å². The molecule has 3 aromatic carbocycles. The van der Waals surface area contributed by atoms with Crippen LogP contribution in [-0.2, 0) is 20.9 Å². The first-order chi connectivity index (χ1) is 15.0. The van der Waals surface area contributed by atoms with Gasteiger partial charge in [-0.3, -0.25) is 4.79 Å².